The third-order valence-electron chi connectivity index (χ3n) is 5.70. The summed E-state index contributed by atoms with van der Waals surface area (Å²) in [4.78, 5) is 18.6. The van der Waals surface area contributed by atoms with E-state index in [1.165, 1.54) is 18.4 Å². The van der Waals surface area contributed by atoms with Crippen LogP contribution >= 0.6 is 0 Å². The molecule has 2 aromatic heterocycles. The fourth-order valence-corrected chi connectivity index (χ4v) is 4.24. The van der Waals surface area contributed by atoms with Crippen LogP contribution in [-0.4, -0.2) is 43.2 Å². The first-order valence-corrected chi connectivity index (χ1v) is 10.5. The van der Waals surface area contributed by atoms with Crippen LogP contribution in [0.4, 0.5) is 0 Å². The predicted octanol–water partition coefficient (Wildman–Crippen LogP) is 3.54. The molecule has 3 heterocycles. The number of nitrogens with one attached hydrogen (secondary N) is 1. The molecule has 7 nitrogen and oxygen atoms in total. The standard InChI is InChI=1S/C22H30N6O/c1-15-9-10-18-16(13-15)14-17(21(29)23-18)19(27-11-7-5-6-8-12-27)20-24-25-26-28(20)22(2,3)4/h9-10,13-14,19H,5-8,11-12H2,1-4H3,(H,23,29)/t19-/m1/s1. The maximum absolute atomic E-state index is 13.2. The Hall–Kier alpha value is -2.54. The zero-order valence-electron chi connectivity index (χ0n) is 17.8. The number of benzene rings is 1. The first-order chi connectivity index (χ1) is 13.8. The van der Waals surface area contributed by atoms with Gasteiger partial charge >= 0.3 is 0 Å². The lowest BCUT2D eigenvalue weighted by Gasteiger charge is -2.31. The van der Waals surface area contributed by atoms with Crippen LogP contribution in [0.1, 0.15) is 69.4 Å². The van der Waals surface area contributed by atoms with Gasteiger partial charge in [-0.05, 0) is 87.6 Å². The molecule has 0 aliphatic carbocycles. The van der Waals surface area contributed by atoms with E-state index in [1.807, 2.05) is 22.9 Å². The van der Waals surface area contributed by atoms with Crippen LogP contribution in [0.15, 0.2) is 29.1 Å². The molecule has 0 spiro atoms. The van der Waals surface area contributed by atoms with Gasteiger partial charge in [-0.2, -0.15) is 0 Å². The van der Waals surface area contributed by atoms with E-state index in [0.717, 1.165) is 42.7 Å². The molecule has 1 aliphatic rings. The second kappa shape index (κ2) is 7.71. The number of likely N-dealkylation sites (tertiary alicyclic amines) is 1. The van der Waals surface area contributed by atoms with E-state index in [0.29, 0.717) is 5.56 Å². The number of aromatic amines is 1. The normalized spacial score (nSPS) is 17.4. The van der Waals surface area contributed by atoms with Crippen LogP contribution in [0.3, 0.4) is 0 Å². The summed E-state index contributed by atoms with van der Waals surface area (Å²) in [5.41, 5.74) is 2.39. The van der Waals surface area contributed by atoms with Crippen molar-refractivity contribution in [3.8, 4) is 0 Å². The van der Waals surface area contributed by atoms with E-state index < -0.39 is 0 Å². The second-order valence-corrected chi connectivity index (χ2v) is 9.12. The highest BCUT2D eigenvalue weighted by Crippen LogP contribution is 2.31. The van der Waals surface area contributed by atoms with Crippen molar-refractivity contribution in [1.29, 1.82) is 0 Å². The van der Waals surface area contributed by atoms with Crippen molar-refractivity contribution in [1.82, 2.24) is 30.1 Å². The average molecular weight is 395 g/mol. The van der Waals surface area contributed by atoms with Crippen LogP contribution in [0.25, 0.3) is 10.9 Å². The lowest BCUT2D eigenvalue weighted by atomic mass is 10.0. The molecule has 7 heteroatoms. The molecule has 0 amide bonds. The Labute approximate surface area is 171 Å². The van der Waals surface area contributed by atoms with E-state index in [2.05, 4.69) is 59.2 Å². The molecule has 1 aliphatic heterocycles. The molecule has 4 rings (SSSR count). The van der Waals surface area contributed by atoms with Crippen LogP contribution in [0.5, 0.6) is 0 Å². The minimum Gasteiger partial charge on any atom is -0.322 e. The number of aryl methyl sites for hydroxylation is 1. The summed E-state index contributed by atoms with van der Waals surface area (Å²) in [7, 11) is 0. The SMILES string of the molecule is Cc1ccc2[nH]c(=O)c([C@H](c3nnnn3C(C)(C)C)N3CCCCCC3)cc2c1. The van der Waals surface area contributed by atoms with Crippen molar-refractivity contribution in [2.45, 2.75) is 65.0 Å². The van der Waals surface area contributed by atoms with Gasteiger partial charge in [0.15, 0.2) is 5.82 Å². The highest BCUT2D eigenvalue weighted by Gasteiger charge is 2.33. The minimum atomic E-state index is -0.275. The number of pyridine rings is 1. The topological polar surface area (TPSA) is 79.7 Å². The van der Waals surface area contributed by atoms with Crippen LogP contribution in [0.2, 0.25) is 0 Å². The van der Waals surface area contributed by atoms with E-state index in [4.69, 9.17) is 0 Å². The maximum Gasteiger partial charge on any atom is 0.253 e. The zero-order valence-corrected chi connectivity index (χ0v) is 17.8. The second-order valence-electron chi connectivity index (χ2n) is 9.12. The molecule has 0 saturated carbocycles. The third-order valence-corrected chi connectivity index (χ3v) is 5.70. The Kier molecular flexibility index (Phi) is 5.25. The van der Waals surface area contributed by atoms with E-state index in [-0.39, 0.29) is 17.1 Å². The Morgan fingerprint density at radius 2 is 1.79 bits per heavy atom. The van der Waals surface area contributed by atoms with Gasteiger partial charge in [-0.15, -0.1) is 5.10 Å². The van der Waals surface area contributed by atoms with Gasteiger partial charge in [-0.3, -0.25) is 9.69 Å². The summed E-state index contributed by atoms with van der Waals surface area (Å²) < 4.78 is 1.86. The summed E-state index contributed by atoms with van der Waals surface area (Å²) in [5, 5.41) is 13.7. The molecule has 154 valence electrons. The molecule has 1 aromatic carbocycles. The Morgan fingerprint density at radius 1 is 1.07 bits per heavy atom. The average Bonchev–Trinajstić information content (AvgIpc) is 3.00. The molecule has 0 bridgehead atoms. The smallest absolute Gasteiger partial charge is 0.253 e. The number of aromatic nitrogens is 5. The van der Waals surface area contributed by atoms with Gasteiger partial charge in [0.1, 0.15) is 6.04 Å². The summed E-state index contributed by atoms with van der Waals surface area (Å²) in [5.74, 6) is 0.733. The number of rotatable bonds is 3. The predicted molar refractivity (Wildman–Crippen MR) is 114 cm³/mol. The van der Waals surface area contributed by atoms with Gasteiger partial charge in [0.2, 0.25) is 0 Å². The maximum atomic E-state index is 13.2. The molecule has 1 N–H and O–H groups in total. The Balaban J connectivity index is 1.91. The number of hydrogen-bond donors (Lipinski definition) is 1. The van der Waals surface area contributed by atoms with E-state index in [9.17, 15) is 4.79 Å². The molecule has 1 atom stereocenters. The van der Waals surface area contributed by atoms with Gasteiger partial charge in [0.05, 0.1) is 5.54 Å². The zero-order chi connectivity index (χ0) is 20.6. The number of hydrogen-bond acceptors (Lipinski definition) is 5. The van der Waals surface area contributed by atoms with Crippen molar-refractivity contribution in [3.63, 3.8) is 0 Å². The van der Waals surface area contributed by atoms with Crippen molar-refractivity contribution in [3.05, 3.63) is 51.6 Å². The largest absolute Gasteiger partial charge is 0.322 e. The Bertz CT molecular complexity index is 1050. The van der Waals surface area contributed by atoms with Gasteiger partial charge in [-0.1, -0.05) is 24.5 Å². The first kappa shape index (κ1) is 19.8. The van der Waals surface area contributed by atoms with Gasteiger partial charge in [-0.25, -0.2) is 4.68 Å². The van der Waals surface area contributed by atoms with Crippen LogP contribution < -0.4 is 5.56 Å². The number of nitrogens with zero attached hydrogens (tertiary/aromatic N) is 5. The van der Waals surface area contributed by atoms with E-state index in [1.54, 1.807) is 0 Å². The lowest BCUT2D eigenvalue weighted by molar-refractivity contribution is 0.208. The summed E-state index contributed by atoms with van der Waals surface area (Å²) in [6.45, 7) is 10.2. The fraction of sp³-hybridized carbons (Fsp3) is 0.545. The number of tetrazole rings is 1. The monoisotopic (exact) mass is 394 g/mol. The number of H-pyrrole nitrogens is 1. The van der Waals surface area contributed by atoms with Gasteiger partial charge in [0.25, 0.3) is 5.56 Å². The quantitative estimate of drug-likeness (QED) is 0.735. The first-order valence-electron chi connectivity index (χ1n) is 10.5. The number of fused-ring (bicyclic) bond motifs is 1. The molecule has 0 radical (unpaired) electrons. The summed E-state index contributed by atoms with van der Waals surface area (Å²) in [6, 6.07) is 7.86. The lowest BCUT2D eigenvalue weighted by Crippen LogP contribution is -2.38. The molecular formula is C22H30N6O. The Morgan fingerprint density at radius 3 is 2.48 bits per heavy atom. The van der Waals surface area contributed by atoms with Gasteiger partial charge < -0.3 is 4.98 Å². The molecule has 0 unspecified atom stereocenters. The third kappa shape index (κ3) is 3.96. The van der Waals surface area contributed by atoms with Crippen molar-refractivity contribution >= 4 is 10.9 Å². The highest BCUT2D eigenvalue weighted by molar-refractivity contribution is 5.79. The van der Waals surface area contributed by atoms with Crippen molar-refractivity contribution in [2.24, 2.45) is 0 Å². The van der Waals surface area contributed by atoms with E-state index >= 15 is 0 Å². The van der Waals surface area contributed by atoms with Gasteiger partial charge in [0, 0.05) is 11.1 Å². The molecule has 1 saturated heterocycles. The van der Waals surface area contributed by atoms with Crippen LogP contribution in [-0.2, 0) is 5.54 Å². The minimum absolute atomic E-state index is 0.0703. The molecule has 1 fully saturated rings. The summed E-state index contributed by atoms with van der Waals surface area (Å²) in [6.07, 6.45) is 4.69. The molecule has 29 heavy (non-hydrogen) atoms. The van der Waals surface area contributed by atoms with Crippen molar-refractivity contribution in [2.75, 3.05) is 13.1 Å². The fourth-order valence-electron chi connectivity index (χ4n) is 4.24. The summed E-state index contributed by atoms with van der Waals surface area (Å²) >= 11 is 0. The van der Waals surface area contributed by atoms with Crippen LogP contribution in [0, 0.1) is 6.92 Å². The molecule has 3 aromatic rings. The highest BCUT2D eigenvalue weighted by atomic mass is 16.1. The molecular weight excluding hydrogens is 364 g/mol. The van der Waals surface area contributed by atoms with Crippen molar-refractivity contribution < 1.29 is 0 Å².